The number of halogens is 2. The van der Waals surface area contributed by atoms with E-state index < -0.39 is 5.97 Å². The standard InChI is InChI=1S/C12H11BrClNO3/c1-18-12(17)7-2-3-9(14)10(4-7)15-6-8(13)5-11(15)16/h2-4,8H,5-6H2,1H3. The van der Waals surface area contributed by atoms with Crippen LogP contribution in [0.15, 0.2) is 18.2 Å². The van der Waals surface area contributed by atoms with Gasteiger partial charge in [-0.15, -0.1) is 0 Å². The monoisotopic (exact) mass is 331 g/mol. The second-order valence-corrected chi connectivity index (χ2v) is 5.67. The Kier molecular flexibility index (Phi) is 3.92. The fraction of sp³-hybridized carbons (Fsp3) is 0.333. The largest absolute Gasteiger partial charge is 0.465 e. The van der Waals surface area contributed by atoms with Gasteiger partial charge in [-0.2, -0.15) is 0 Å². The van der Waals surface area contributed by atoms with E-state index in [1.54, 1.807) is 23.1 Å². The van der Waals surface area contributed by atoms with Crippen LogP contribution in [0.3, 0.4) is 0 Å². The predicted molar refractivity (Wildman–Crippen MR) is 72.5 cm³/mol. The first kappa shape index (κ1) is 13.4. The first-order valence-corrected chi connectivity index (χ1v) is 6.64. The number of ether oxygens (including phenoxy) is 1. The molecule has 1 heterocycles. The summed E-state index contributed by atoms with van der Waals surface area (Å²) in [5, 5.41) is 0.442. The van der Waals surface area contributed by atoms with Gasteiger partial charge in [0.25, 0.3) is 0 Å². The van der Waals surface area contributed by atoms with Crippen LogP contribution < -0.4 is 4.90 Å². The molecule has 0 aliphatic carbocycles. The fourth-order valence-electron chi connectivity index (χ4n) is 1.86. The molecule has 96 valence electrons. The van der Waals surface area contributed by atoms with Crippen molar-refractivity contribution in [1.29, 1.82) is 0 Å². The molecule has 1 aliphatic rings. The van der Waals surface area contributed by atoms with Crippen LogP contribution in [0.5, 0.6) is 0 Å². The second-order valence-electron chi connectivity index (χ2n) is 3.96. The summed E-state index contributed by atoms with van der Waals surface area (Å²) >= 11 is 9.48. The van der Waals surface area contributed by atoms with Crippen molar-refractivity contribution in [3.8, 4) is 0 Å². The van der Waals surface area contributed by atoms with Crippen LogP contribution in [-0.2, 0) is 9.53 Å². The number of carbonyl (C=O) groups is 2. The zero-order chi connectivity index (χ0) is 13.3. The summed E-state index contributed by atoms with van der Waals surface area (Å²) in [4.78, 5) is 25.0. The third-order valence-corrected chi connectivity index (χ3v) is 3.67. The van der Waals surface area contributed by atoms with E-state index in [1.165, 1.54) is 7.11 Å². The molecule has 0 spiro atoms. The SMILES string of the molecule is COC(=O)c1ccc(Cl)c(N2CC(Br)CC2=O)c1. The first-order chi connectivity index (χ1) is 8.52. The summed E-state index contributed by atoms with van der Waals surface area (Å²) < 4.78 is 4.65. The van der Waals surface area contributed by atoms with Crippen LogP contribution in [0, 0.1) is 0 Å². The molecule has 1 aromatic rings. The zero-order valence-corrected chi connectivity index (χ0v) is 12.0. The number of methoxy groups -OCH3 is 1. The number of hydrogen-bond donors (Lipinski definition) is 0. The minimum Gasteiger partial charge on any atom is -0.465 e. The van der Waals surface area contributed by atoms with Gasteiger partial charge in [0, 0.05) is 17.8 Å². The van der Waals surface area contributed by atoms with Crippen molar-refractivity contribution in [3.05, 3.63) is 28.8 Å². The van der Waals surface area contributed by atoms with E-state index >= 15 is 0 Å². The number of amides is 1. The topological polar surface area (TPSA) is 46.6 Å². The molecule has 1 atom stereocenters. The molecule has 0 saturated carbocycles. The molecular weight excluding hydrogens is 321 g/mol. The van der Waals surface area contributed by atoms with E-state index in [9.17, 15) is 9.59 Å². The van der Waals surface area contributed by atoms with Gasteiger partial charge in [-0.3, -0.25) is 4.79 Å². The van der Waals surface area contributed by atoms with Crippen LogP contribution in [0.2, 0.25) is 5.02 Å². The molecule has 1 saturated heterocycles. The van der Waals surface area contributed by atoms with Crippen LogP contribution >= 0.6 is 27.5 Å². The smallest absolute Gasteiger partial charge is 0.337 e. The quantitative estimate of drug-likeness (QED) is 0.618. The normalized spacial score (nSPS) is 19.2. The van der Waals surface area contributed by atoms with E-state index in [0.29, 0.717) is 29.2 Å². The molecular formula is C12H11BrClNO3. The lowest BCUT2D eigenvalue weighted by Gasteiger charge is -2.18. The summed E-state index contributed by atoms with van der Waals surface area (Å²) in [5.41, 5.74) is 0.925. The number of alkyl halides is 1. The molecule has 18 heavy (non-hydrogen) atoms. The van der Waals surface area contributed by atoms with E-state index in [0.717, 1.165) is 0 Å². The average Bonchev–Trinajstić information content (AvgIpc) is 2.68. The van der Waals surface area contributed by atoms with E-state index in [4.69, 9.17) is 11.6 Å². The third-order valence-electron chi connectivity index (χ3n) is 2.74. The average molecular weight is 333 g/mol. The molecule has 4 nitrogen and oxygen atoms in total. The van der Waals surface area contributed by atoms with Crippen molar-refractivity contribution >= 4 is 45.1 Å². The van der Waals surface area contributed by atoms with Crippen molar-refractivity contribution in [2.24, 2.45) is 0 Å². The second kappa shape index (κ2) is 5.28. The van der Waals surface area contributed by atoms with Gasteiger partial charge in [0.05, 0.1) is 23.4 Å². The number of nitrogens with zero attached hydrogens (tertiary/aromatic N) is 1. The van der Waals surface area contributed by atoms with Crippen molar-refractivity contribution in [2.45, 2.75) is 11.2 Å². The Labute approximate surface area is 118 Å². The van der Waals surface area contributed by atoms with Crippen LogP contribution in [0.25, 0.3) is 0 Å². The Morgan fingerprint density at radius 1 is 1.56 bits per heavy atom. The lowest BCUT2D eigenvalue weighted by molar-refractivity contribution is -0.117. The molecule has 0 bridgehead atoms. The van der Waals surface area contributed by atoms with Gasteiger partial charge in [0.2, 0.25) is 5.91 Å². The predicted octanol–water partition coefficient (Wildman–Crippen LogP) is 2.63. The minimum atomic E-state index is -0.449. The van der Waals surface area contributed by atoms with Crippen molar-refractivity contribution in [1.82, 2.24) is 0 Å². The molecule has 1 amide bonds. The summed E-state index contributed by atoms with van der Waals surface area (Å²) in [6.45, 7) is 0.545. The highest BCUT2D eigenvalue weighted by atomic mass is 79.9. The minimum absolute atomic E-state index is 0.0132. The van der Waals surface area contributed by atoms with Crippen LogP contribution in [0.4, 0.5) is 5.69 Å². The summed E-state index contributed by atoms with van der Waals surface area (Å²) in [6, 6.07) is 4.75. The van der Waals surface area contributed by atoms with Crippen molar-refractivity contribution < 1.29 is 14.3 Å². The Hall–Kier alpha value is -1.07. The van der Waals surface area contributed by atoms with Gasteiger partial charge in [-0.1, -0.05) is 27.5 Å². The molecule has 0 aromatic heterocycles. The Morgan fingerprint density at radius 3 is 2.83 bits per heavy atom. The third kappa shape index (κ3) is 2.52. The van der Waals surface area contributed by atoms with Crippen LogP contribution in [-0.4, -0.2) is 30.4 Å². The zero-order valence-electron chi connectivity index (χ0n) is 9.65. The van der Waals surface area contributed by atoms with Crippen molar-refractivity contribution in [2.75, 3.05) is 18.6 Å². The molecule has 0 radical (unpaired) electrons. The molecule has 1 fully saturated rings. The van der Waals surface area contributed by atoms with E-state index in [-0.39, 0.29) is 10.7 Å². The van der Waals surface area contributed by atoms with Crippen molar-refractivity contribution in [3.63, 3.8) is 0 Å². The highest BCUT2D eigenvalue weighted by Crippen LogP contribution is 2.32. The maximum Gasteiger partial charge on any atom is 0.337 e. The lowest BCUT2D eigenvalue weighted by atomic mass is 10.2. The molecule has 1 unspecified atom stereocenters. The molecule has 1 aromatic carbocycles. The first-order valence-electron chi connectivity index (χ1n) is 5.35. The molecule has 6 heteroatoms. The molecule has 0 N–H and O–H groups in total. The van der Waals surface area contributed by atoms with Gasteiger partial charge in [0.1, 0.15) is 0 Å². The number of anilines is 1. The Balaban J connectivity index is 2.38. The summed E-state index contributed by atoms with van der Waals surface area (Å²) in [7, 11) is 1.31. The van der Waals surface area contributed by atoms with Gasteiger partial charge < -0.3 is 9.64 Å². The number of esters is 1. The number of hydrogen-bond acceptors (Lipinski definition) is 3. The molecule has 2 rings (SSSR count). The number of benzene rings is 1. The fourth-order valence-corrected chi connectivity index (χ4v) is 2.65. The maximum atomic E-state index is 11.8. The van der Waals surface area contributed by atoms with Crippen LogP contribution in [0.1, 0.15) is 16.8 Å². The van der Waals surface area contributed by atoms with Gasteiger partial charge in [-0.05, 0) is 18.2 Å². The highest BCUT2D eigenvalue weighted by molar-refractivity contribution is 9.09. The summed E-state index contributed by atoms with van der Waals surface area (Å²) in [5.74, 6) is -0.462. The van der Waals surface area contributed by atoms with Gasteiger partial charge in [0.15, 0.2) is 0 Å². The lowest BCUT2D eigenvalue weighted by Crippen LogP contribution is -2.25. The Bertz CT molecular complexity index is 506. The van der Waals surface area contributed by atoms with Gasteiger partial charge in [-0.25, -0.2) is 4.79 Å². The van der Waals surface area contributed by atoms with E-state index in [2.05, 4.69) is 20.7 Å². The summed E-state index contributed by atoms with van der Waals surface area (Å²) in [6.07, 6.45) is 0.429. The van der Waals surface area contributed by atoms with Gasteiger partial charge >= 0.3 is 5.97 Å². The Morgan fingerprint density at radius 2 is 2.28 bits per heavy atom. The maximum absolute atomic E-state index is 11.8. The molecule has 1 aliphatic heterocycles. The number of rotatable bonds is 2. The number of carbonyl (C=O) groups excluding carboxylic acids is 2. The van der Waals surface area contributed by atoms with E-state index in [1.807, 2.05) is 0 Å². The highest BCUT2D eigenvalue weighted by Gasteiger charge is 2.30.